The van der Waals surface area contributed by atoms with Gasteiger partial charge in [-0.25, -0.2) is 4.98 Å². The second-order valence-electron chi connectivity index (χ2n) is 1.93. The summed E-state index contributed by atoms with van der Waals surface area (Å²) in [6.07, 6.45) is 0. The molecule has 0 fully saturated rings. The molecule has 6 nitrogen and oxygen atoms in total. The van der Waals surface area contributed by atoms with E-state index >= 15 is 0 Å². The molecular formula is C5Br2N6. The van der Waals surface area contributed by atoms with Gasteiger partial charge in [-0.15, -0.1) is 11.5 Å². The molecule has 0 aliphatic heterocycles. The molecule has 4 radical (unpaired) electrons. The Kier molecular flexibility index (Phi) is 2.97. The summed E-state index contributed by atoms with van der Waals surface area (Å²) >= 11 is 5.90. The highest BCUT2D eigenvalue weighted by molar-refractivity contribution is 9.11. The van der Waals surface area contributed by atoms with Crippen LogP contribution in [0.4, 0.5) is 17.3 Å². The van der Waals surface area contributed by atoms with E-state index in [1.807, 2.05) is 0 Å². The third-order valence-electron chi connectivity index (χ3n) is 1.16. The monoisotopic (exact) mass is 302 g/mol. The van der Waals surface area contributed by atoms with Crippen LogP contribution in [0.5, 0.6) is 0 Å². The minimum Gasteiger partial charge on any atom is -0.203 e. The average Bonchev–Trinajstić information content (AvgIpc) is 2.09. The van der Waals surface area contributed by atoms with Crippen molar-refractivity contribution >= 4 is 49.2 Å². The van der Waals surface area contributed by atoms with Gasteiger partial charge in [0.15, 0.2) is 11.6 Å². The van der Waals surface area contributed by atoms with Crippen LogP contribution < -0.4 is 11.5 Å². The maximum atomic E-state index is 9.11. The van der Waals surface area contributed by atoms with Gasteiger partial charge in [-0.05, 0) is 37.4 Å². The lowest BCUT2D eigenvalue weighted by molar-refractivity contribution is 1.17. The third kappa shape index (κ3) is 1.85. The largest absolute Gasteiger partial charge is 0.203 e. The molecule has 0 N–H and O–H groups in total. The van der Waals surface area contributed by atoms with E-state index in [9.17, 15) is 0 Å². The summed E-state index contributed by atoms with van der Waals surface area (Å²) in [5, 5.41) is 3.25. The van der Waals surface area contributed by atoms with Crippen molar-refractivity contribution < 1.29 is 0 Å². The molecule has 0 amide bonds. The SMILES string of the molecule is [N]c1nc([N])c(Br)c(N=[N+]=[N-])c1Br. The molecule has 0 spiro atoms. The second-order valence-corrected chi connectivity index (χ2v) is 3.51. The highest BCUT2D eigenvalue weighted by Gasteiger charge is 2.13. The maximum Gasteiger partial charge on any atom is 0.191 e. The maximum absolute atomic E-state index is 9.11. The van der Waals surface area contributed by atoms with Gasteiger partial charge >= 0.3 is 0 Å². The van der Waals surface area contributed by atoms with Crippen molar-refractivity contribution in [1.82, 2.24) is 16.5 Å². The van der Waals surface area contributed by atoms with Crippen LogP contribution in [0.25, 0.3) is 10.4 Å². The van der Waals surface area contributed by atoms with E-state index in [1.54, 1.807) is 0 Å². The summed E-state index contributed by atoms with van der Waals surface area (Å²) in [7, 11) is 0. The summed E-state index contributed by atoms with van der Waals surface area (Å²) in [5.74, 6) is -0.883. The van der Waals surface area contributed by atoms with E-state index in [1.165, 1.54) is 0 Å². The Hall–Kier alpha value is -0.980. The van der Waals surface area contributed by atoms with E-state index in [4.69, 9.17) is 17.0 Å². The molecule has 0 saturated heterocycles. The number of azide groups is 1. The summed E-state index contributed by atoms with van der Waals surface area (Å²) in [5.41, 5.74) is 26.5. The first-order valence-electron chi connectivity index (χ1n) is 2.90. The summed E-state index contributed by atoms with van der Waals surface area (Å²) in [6.45, 7) is 0. The van der Waals surface area contributed by atoms with Crippen molar-refractivity contribution in [2.75, 3.05) is 0 Å². The van der Waals surface area contributed by atoms with Crippen LogP contribution in [-0.4, -0.2) is 4.98 Å². The average molecular weight is 304 g/mol. The molecule has 0 saturated carbocycles. The predicted octanol–water partition coefficient (Wildman–Crippen LogP) is 2.95. The van der Waals surface area contributed by atoms with Gasteiger partial charge < -0.3 is 0 Å². The van der Waals surface area contributed by atoms with E-state index < -0.39 is 11.6 Å². The van der Waals surface area contributed by atoms with Crippen molar-refractivity contribution in [3.05, 3.63) is 19.4 Å². The van der Waals surface area contributed by atoms with Gasteiger partial charge in [0.2, 0.25) is 0 Å². The van der Waals surface area contributed by atoms with E-state index in [0.29, 0.717) is 0 Å². The lowest BCUT2D eigenvalue weighted by Crippen LogP contribution is -1.85. The van der Waals surface area contributed by atoms with Gasteiger partial charge in [-0.3, -0.25) is 0 Å². The van der Waals surface area contributed by atoms with E-state index in [-0.39, 0.29) is 14.6 Å². The number of nitrogens with zero attached hydrogens (tertiary/aromatic N) is 6. The van der Waals surface area contributed by atoms with Crippen LogP contribution in [0.3, 0.4) is 0 Å². The minimum absolute atomic E-state index is 0.0486. The summed E-state index contributed by atoms with van der Waals surface area (Å²) in [4.78, 5) is 5.87. The van der Waals surface area contributed by atoms with E-state index in [0.717, 1.165) is 0 Å². The molecule has 1 aromatic heterocycles. The molecule has 0 unspecified atom stereocenters. The first kappa shape index (κ1) is 10.1. The van der Waals surface area contributed by atoms with Crippen LogP contribution in [-0.2, 0) is 0 Å². The Labute approximate surface area is 90.2 Å². The Morgan fingerprint density at radius 1 is 1.23 bits per heavy atom. The Bertz CT molecular complexity index is 370. The van der Waals surface area contributed by atoms with Gasteiger partial charge in [0.05, 0.1) is 14.6 Å². The zero-order valence-corrected chi connectivity index (χ0v) is 9.11. The van der Waals surface area contributed by atoms with Crippen LogP contribution in [0.2, 0.25) is 0 Å². The highest BCUT2D eigenvalue weighted by atomic mass is 79.9. The second kappa shape index (κ2) is 3.82. The van der Waals surface area contributed by atoms with Gasteiger partial charge in [-0.1, -0.05) is 5.11 Å². The highest BCUT2D eigenvalue weighted by Crippen LogP contribution is 2.40. The standard InChI is InChI=1S/C5Br2N6/c6-1-3(12-13-10)2(7)5(9)11-4(1)8. The van der Waals surface area contributed by atoms with Crippen LogP contribution >= 0.6 is 31.9 Å². The van der Waals surface area contributed by atoms with Crippen molar-refractivity contribution in [2.45, 2.75) is 0 Å². The first-order chi connectivity index (χ1) is 6.07. The number of pyridine rings is 1. The molecular weight excluding hydrogens is 304 g/mol. The van der Waals surface area contributed by atoms with Crippen LogP contribution in [0, 0.1) is 0 Å². The Balaban J connectivity index is 3.55. The molecule has 0 aromatic carbocycles. The molecule has 64 valence electrons. The topological polar surface area (TPSA) is 106 Å². The molecule has 1 heterocycles. The molecule has 1 aromatic rings. The lowest BCUT2D eigenvalue weighted by Gasteiger charge is -2.02. The van der Waals surface area contributed by atoms with Crippen LogP contribution in [0.15, 0.2) is 14.1 Å². The summed E-state index contributed by atoms with van der Waals surface area (Å²) in [6, 6.07) is 0. The Morgan fingerprint density at radius 3 is 2.08 bits per heavy atom. The number of halogens is 2. The minimum atomic E-state index is -0.442. The zero-order chi connectivity index (χ0) is 10.0. The fraction of sp³-hybridized carbons (Fsp3) is 0. The molecule has 13 heavy (non-hydrogen) atoms. The molecule has 0 aliphatic rings. The predicted molar refractivity (Wildman–Crippen MR) is 52.0 cm³/mol. The quantitative estimate of drug-likeness (QED) is 0.444. The fourth-order valence-corrected chi connectivity index (χ4v) is 1.64. The molecule has 0 bridgehead atoms. The normalized spacial score (nSPS) is 9.38. The number of hydrogen-bond donors (Lipinski definition) is 0. The zero-order valence-electron chi connectivity index (χ0n) is 5.94. The van der Waals surface area contributed by atoms with Gasteiger partial charge in [0, 0.05) is 4.91 Å². The molecule has 0 aliphatic carbocycles. The molecule has 0 atom stereocenters. The lowest BCUT2D eigenvalue weighted by atomic mass is 10.4. The smallest absolute Gasteiger partial charge is 0.191 e. The fourth-order valence-electron chi connectivity index (χ4n) is 0.639. The van der Waals surface area contributed by atoms with Gasteiger partial charge in [0.1, 0.15) is 0 Å². The Morgan fingerprint density at radius 2 is 1.69 bits per heavy atom. The van der Waals surface area contributed by atoms with E-state index in [2.05, 4.69) is 46.9 Å². The summed E-state index contributed by atoms with van der Waals surface area (Å²) < 4.78 is 0.241. The molecule has 8 heteroatoms. The van der Waals surface area contributed by atoms with Crippen LogP contribution in [0.1, 0.15) is 0 Å². The number of rotatable bonds is 1. The van der Waals surface area contributed by atoms with Crippen molar-refractivity contribution in [3.63, 3.8) is 0 Å². The first-order valence-corrected chi connectivity index (χ1v) is 4.48. The van der Waals surface area contributed by atoms with Gasteiger partial charge in [0.25, 0.3) is 0 Å². The van der Waals surface area contributed by atoms with Crippen molar-refractivity contribution in [3.8, 4) is 0 Å². The van der Waals surface area contributed by atoms with Gasteiger partial charge in [-0.2, -0.15) is 0 Å². The third-order valence-corrected chi connectivity index (χ3v) is 2.63. The van der Waals surface area contributed by atoms with Crippen molar-refractivity contribution in [1.29, 1.82) is 0 Å². The molecule has 1 rings (SSSR count). The van der Waals surface area contributed by atoms with Crippen molar-refractivity contribution in [2.24, 2.45) is 5.11 Å². The number of aromatic nitrogens is 1. The number of hydrogen-bond acceptors (Lipinski definition) is 2.